The van der Waals surface area contributed by atoms with Crippen LogP contribution >= 0.6 is 0 Å². The van der Waals surface area contributed by atoms with Gasteiger partial charge in [-0.15, -0.1) is 0 Å². The molecule has 1 aromatic heterocycles. The van der Waals surface area contributed by atoms with Crippen LogP contribution in [0, 0.1) is 6.92 Å². The highest BCUT2D eigenvalue weighted by atomic mass is 16.5. The Morgan fingerprint density at radius 3 is 1.84 bits per heavy atom. The van der Waals surface area contributed by atoms with E-state index in [9.17, 15) is 0 Å². The monoisotopic (exact) mass is 481 g/mol. The maximum absolute atomic E-state index is 6.64. The Balaban J connectivity index is 1.61. The van der Waals surface area contributed by atoms with Gasteiger partial charge in [0.15, 0.2) is 0 Å². The second-order valence-corrected chi connectivity index (χ2v) is 9.44. The summed E-state index contributed by atoms with van der Waals surface area (Å²) in [5.74, 6) is 2.78. The Hall–Kier alpha value is -4.71. The summed E-state index contributed by atoms with van der Waals surface area (Å²) in [4.78, 5) is 7.24. The van der Waals surface area contributed by atoms with E-state index in [1.807, 2.05) is 12.1 Å². The molecule has 0 saturated carbocycles. The third-order valence-electron chi connectivity index (χ3n) is 7.19. The van der Waals surface area contributed by atoms with Crippen molar-refractivity contribution in [2.24, 2.45) is 7.05 Å². The quantitative estimate of drug-likeness (QED) is 0.199. The lowest BCUT2D eigenvalue weighted by atomic mass is 9.81. The normalized spacial score (nSPS) is 13.7. The Morgan fingerprint density at radius 2 is 1.14 bits per heavy atom. The molecule has 0 unspecified atom stereocenters. The number of hydrogen-bond donors (Lipinski definition) is 0. The van der Waals surface area contributed by atoms with Crippen molar-refractivity contribution in [2.75, 3.05) is 14.4 Å². The minimum absolute atomic E-state index is 0.224. The zero-order valence-corrected chi connectivity index (χ0v) is 20.8. The highest BCUT2D eigenvalue weighted by Crippen LogP contribution is 2.53. The number of pyridine rings is 1. The van der Waals surface area contributed by atoms with E-state index in [1.165, 1.54) is 5.56 Å². The second-order valence-electron chi connectivity index (χ2n) is 9.44. The van der Waals surface area contributed by atoms with Gasteiger partial charge in [0.05, 0.1) is 24.6 Å². The van der Waals surface area contributed by atoms with Crippen molar-refractivity contribution in [1.29, 1.82) is 0 Å². The van der Waals surface area contributed by atoms with Crippen LogP contribution in [0.3, 0.4) is 0 Å². The number of fused-ring (bicyclic) bond motifs is 6. The predicted molar refractivity (Wildman–Crippen MR) is 150 cm³/mol. The molecule has 0 spiro atoms. The van der Waals surface area contributed by atoms with E-state index in [0.29, 0.717) is 0 Å². The van der Waals surface area contributed by atoms with Gasteiger partial charge in [0.25, 0.3) is 5.82 Å². The fourth-order valence-electron chi connectivity index (χ4n) is 5.57. The molecule has 5 aromatic rings. The lowest BCUT2D eigenvalue weighted by molar-refractivity contribution is -0.657. The number of benzene rings is 4. The molecule has 2 aliphatic heterocycles. The standard InChI is InChI=1S/C31H26BN4O/c1-23-13-6-7-16-25(23)36-31-28(19-12-22-33(31)2)35-27-18-9-11-21-30(27)37-29-20-10-8-17-26(29)34(32(35)36)24-14-4-3-5-15-24/h3-22H,1-2H3/q+1. The van der Waals surface area contributed by atoms with E-state index in [0.717, 1.165) is 45.8 Å². The van der Waals surface area contributed by atoms with E-state index in [2.05, 4.69) is 142 Å². The molecule has 7 rings (SSSR count). The number of aryl methyl sites for hydroxylation is 2. The van der Waals surface area contributed by atoms with Gasteiger partial charge in [-0.25, -0.2) is 9.38 Å². The maximum atomic E-state index is 6.64. The van der Waals surface area contributed by atoms with Gasteiger partial charge in [-0.2, -0.15) is 0 Å². The SMILES string of the molecule is Cc1ccccc1N1B2N(c3ccccc3)c3ccccc3Oc3ccccc3N2c2ccc[n+](C)c21. The third kappa shape index (κ3) is 3.29. The first-order chi connectivity index (χ1) is 18.2. The second kappa shape index (κ2) is 8.45. The van der Waals surface area contributed by atoms with Crippen molar-refractivity contribution >= 4 is 41.4 Å². The summed E-state index contributed by atoms with van der Waals surface area (Å²) in [5, 5.41) is 0. The Bertz CT molecular complexity index is 1620. The van der Waals surface area contributed by atoms with Crippen molar-refractivity contribution in [3.05, 3.63) is 127 Å². The van der Waals surface area contributed by atoms with Crippen LogP contribution in [0.5, 0.6) is 11.5 Å². The molecule has 0 atom stereocenters. The van der Waals surface area contributed by atoms with Crippen LogP contribution in [0.15, 0.2) is 121 Å². The van der Waals surface area contributed by atoms with Crippen molar-refractivity contribution in [2.45, 2.75) is 6.92 Å². The molecule has 2 aliphatic rings. The summed E-state index contributed by atoms with van der Waals surface area (Å²) in [6, 6.07) is 40.2. The van der Waals surface area contributed by atoms with Crippen LogP contribution < -0.4 is 23.7 Å². The summed E-state index contributed by atoms with van der Waals surface area (Å²) in [6.07, 6.45) is 2.12. The lowest BCUT2D eigenvalue weighted by Gasteiger charge is -2.37. The fraction of sp³-hybridized carbons (Fsp3) is 0.0645. The van der Waals surface area contributed by atoms with E-state index < -0.39 is 0 Å². The lowest BCUT2D eigenvalue weighted by Crippen LogP contribution is -2.57. The van der Waals surface area contributed by atoms with Gasteiger partial charge in [0.1, 0.15) is 22.9 Å². The molecule has 178 valence electrons. The minimum atomic E-state index is -0.224. The number of ether oxygens (including phenoxy) is 1. The number of nitrogens with zero attached hydrogens (tertiary/aromatic N) is 4. The van der Waals surface area contributed by atoms with Crippen molar-refractivity contribution in [3.63, 3.8) is 0 Å². The molecule has 6 heteroatoms. The third-order valence-corrected chi connectivity index (χ3v) is 7.19. The molecule has 0 aliphatic carbocycles. The topological polar surface area (TPSA) is 22.8 Å². The molecule has 0 amide bonds. The van der Waals surface area contributed by atoms with E-state index in [-0.39, 0.29) is 7.12 Å². The van der Waals surface area contributed by atoms with Gasteiger partial charge in [0.2, 0.25) is 0 Å². The van der Waals surface area contributed by atoms with Gasteiger partial charge in [-0.3, -0.25) is 0 Å². The Kier molecular flexibility index (Phi) is 4.93. The summed E-state index contributed by atoms with van der Waals surface area (Å²) in [6.45, 7) is 2.18. The Morgan fingerprint density at radius 1 is 0.568 bits per heavy atom. The smallest absolute Gasteiger partial charge is 0.453 e. The van der Waals surface area contributed by atoms with Crippen LogP contribution in [0.4, 0.5) is 34.3 Å². The van der Waals surface area contributed by atoms with Gasteiger partial charge >= 0.3 is 7.12 Å². The minimum Gasteiger partial charge on any atom is -0.453 e. The van der Waals surface area contributed by atoms with Crippen LogP contribution in [0.1, 0.15) is 5.56 Å². The summed E-state index contributed by atoms with van der Waals surface area (Å²) in [7, 11) is 1.89. The van der Waals surface area contributed by atoms with Crippen LogP contribution in [0.2, 0.25) is 0 Å². The molecular formula is C31H26BN4O+. The zero-order chi connectivity index (χ0) is 24.9. The molecule has 0 saturated heterocycles. The van der Waals surface area contributed by atoms with Gasteiger partial charge in [0, 0.05) is 5.69 Å². The predicted octanol–water partition coefficient (Wildman–Crippen LogP) is 7.04. The molecule has 0 bridgehead atoms. The first-order valence-electron chi connectivity index (χ1n) is 12.6. The van der Waals surface area contributed by atoms with Gasteiger partial charge in [-0.05, 0) is 67.1 Å². The summed E-state index contributed by atoms with van der Waals surface area (Å²) < 4.78 is 8.86. The molecular weight excluding hydrogens is 455 g/mol. The van der Waals surface area contributed by atoms with Crippen LogP contribution in [-0.4, -0.2) is 7.12 Å². The van der Waals surface area contributed by atoms with Crippen molar-refractivity contribution in [3.8, 4) is 11.5 Å². The highest BCUT2D eigenvalue weighted by molar-refractivity contribution is 6.77. The number of anilines is 6. The zero-order valence-electron chi connectivity index (χ0n) is 20.8. The summed E-state index contributed by atoms with van der Waals surface area (Å²) in [5.41, 5.74) is 6.61. The van der Waals surface area contributed by atoms with Gasteiger partial charge in [-0.1, -0.05) is 60.7 Å². The first-order valence-corrected chi connectivity index (χ1v) is 12.6. The molecule has 0 N–H and O–H groups in total. The van der Waals surface area contributed by atoms with Crippen molar-refractivity contribution < 1.29 is 9.30 Å². The average Bonchev–Trinajstić information content (AvgIpc) is 3.25. The largest absolute Gasteiger partial charge is 0.644 e. The Labute approximate surface area is 217 Å². The van der Waals surface area contributed by atoms with Crippen molar-refractivity contribution in [1.82, 2.24) is 0 Å². The molecule has 0 radical (unpaired) electrons. The molecule has 3 heterocycles. The molecule has 0 fully saturated rings. The number of rotatable bonds is 2. The molecule has 37 heavy (non-hydrogen) atoms. The first kappa shape index (κ1) is 21.6. The van der Waals surface area contributed by atoms with E-state index in [1.54, 1.807) is 0 Å². The number of para-hydroxylation sites is 6. The molecule has 4 aromatic carbocycles. The van der Waals surface area contributed by atoms with E-state index >= 15 is 0 Å². The molecule has 5 nitrogen and oxygen atoms in total. The number of aromatic nitrogens is 1. The van der Waals surface area contributed by atoms with Gasteiger partial charge < -0.3 is 14.4 Å². The maximum Gasteiger partial charge on any atom is 0.644 e. The fourth-order valence-corrected chi connectivity index (χ4v) is 5.57. The van der Waals surface area contributed by atoms with Crippen LogP contribution in [-0.2, 0) is 7.05 Å². The highest BCUT2D eigenvalue weighted by Gasteiger charge is 2.58. The number of hydrogen-bond acceptors (Lipinski definition) is 4. The van der Waals surface area contributed by atoms with Crippen LogP contribution in [0.25, 0.3) is 0 Å². The van der Waals surface area contributed by atoms with E-state index in [4.69, 9.17) is 4.74 Å². The average molecular weight is 481 g/mol. The summed E-state index contributed by atoms with van der Waals surface area (Å²) >= 11 is 0.